The summed E-state index contributed by atoms with van der Waals surface area (Å²) in [7, 11) is 0. The maximum Gasteiger partial charge on any atom is 0.241 e. The highest BCUT2D eigenvalue weighted by Gasteiger charge is 2.28. The van der Waals surface area contributed by atoms with Gasteiger partial charge in [-0.25, -0.2) is 0 Å². The fourth-order valence-corrected chi connectivity index (χ4v) is 2.51. The monoisotopic (exact) mass is 275 g/mol. The third-order valence-corrected chi connectivity index (χ3v) is 3.90. The predicted octanol–water partition coefficient (Wildman–Crippen LogP) is 1.21. The summed E-state index contributed by atoms with van der Waals surface area (Å²) in [4.78, 5) is 25.4. The lowest BCUT2D eigenvalue weighted by atomic mass is 9.95. The van der Waals surface area contributed by atoms with Crippen molar-refractivity contribution in [1.29, 1.82) is 0 Å². The van der Waals surface area contributed by atoms with Gasteiger partial charge in [-0.15, -0.1) is 0 Å². The van der Waals surface area contributed by atoms with E-state index in [0.29, 0.717) is 0 Å². The zero-order valence-corrected chi connectivity index (χ0v) is 11.7. The molecule has 0 bridgehead atoms. The van der Waals surface area contributed by atoms with Crippen LogP contribution in [0.4, 0.5) is 5.69 Å². The number of benzene rings is 1. The average molecular weight is 275 g/mol. The number of carbonyl (C=O) groups excluding carboxylic acids is 2. The van der Waals surface area contributed by atoms with Gasteiger partial charge < -0.3 is 11.1 Å². The highest BCUT2D eigenvalue weighted by atomic mass is 16.2. The number of piperidine rings is 1. The lowest BCUT2D eigenvalue weighted by Crippen LogP contribution is -2.47. The molecule has 1 saturated heterocycles. The van der Waals surface area contributed by atoms with E-state index in [0.717, 1.165) is 31.6 Å². The molecular formula is C15H21N3O2. The highest BCUT2D eigenvalue weighted by Crippen LogP contribution is 2.19. The summed E-state index contributed by atoms with van der Waals surface area (Å²) in [5.74, 6) is -0.296. The quantitative estimate of drug-likeness (QED) is 0.867. The number of primary amides is 1. The summed E-state index contributed by atoms with van der Waals surface area (Å²) in [6, 6.07) is 9.21. The molecule has 0 saturated carbocycles. The van der Waals surface area contributed by atoms with E-state index in [1.54, 1.807) is 0 Å². The molecule has 1 atom stereocenters. The third kappa shape index (κ3) is 3.57. The lowest BCUT2D eigenvalue weighted by Gasteiger charge is -2.34. The molecule has 5 heteroatoms. The number of carbonyl (C=O) groups is 2. The Morgan fingerprint density at radius 2 is 1.85 bits per heavy atom. The van der Waals surface area contributed by atoms with E-state index in [1.165, 1.54) is 0 Å². The van der Waals surface area contributed by atoms with E-state index in [9.17, 15) is 9.59 Å². The number of anilines is 1. The zero-order chi connectivity index (χ0) is 14.5. The minimum Gasteiger partial charge on any atom is -0.369 e. The largest absolute Gasteiger partial charge is 0.369 e. The van der Waals surface area contributed by atoms with Crippen molar-refractivity contribution in [3.8, 4) is 0 Å². The van der Waals surface area contributed by atoms with Crippen molar-refractivity contribution in [3.05, 3.63) is 30.3 Å². The zero-order valence-electron chi connectivity index (χ0n) is 11.7. The summed E-state index contributed by atoms with van der Waals surface area (Å²) in [6.07, 6.45) is 1.47. The Morgan fingerprint density at radius 3 is 2.40 bits per heavy atom. The number of para-hydroxylation sites is 1. The van der Waals surface area contributed by atoms with Crippen LogP contribution in [-0.2, 0) is 9.59 Å². The van der Waals surface area contributed by atoms with E-state index in [-0.39, 0.29) is 23.8 Å². The normalized spacial score (nSPS) is 18.4. The summed E-state index contributed by atoms with van der Waals surface area (Å²) < 4.78 is 0. The molecule has 0 radical (unpaired) electrons. The fraction of sp³-hybridized carbons (Fsp3) is 0.467. The Balaban J connectivity index is 1.87. The topological polar surface area (TPSA) is 75.4 Å². The molecule has 3 N–H and O–H groups in total. The molecule has 1 aromatic carbocycles. The standard InChI is InChI=1S/C15H21N3O2/c1-11(15(20)17-13-5-3-2-4-6-13)18-9-7-12(8-10-18)14(16)19/h2-6,11-12H,7-10H2,1H3,(H2,16,19)(H,17,20). The number of likely N-dealkylation sites (tertiary alicyclic amines) is 1. The van der Waals surface area contributed by atoms with Crippen LogP contribution >= 0.6 is 0 Å². The van der Waals surface area contributed by atoms with E-state index in [1.807, 2.05) is 37.3 Å². The molecule has 2 amide bonds. The van der Waals surface area contributed by atoms with Gasteiger partial charge in [-0.3, -0.25) is 14.5 Å². The van der Waals surface area contributed by atoms with Gasteiger partial charge in [0.1, 0.15) is 0 Å². The smallest absolute Gasteiger partial charge is 0.241 e. The van der Waals surface area contributed by atoms with Crippen LogP contribution in [0, 0.1) is 5.92 Å². The van der Waals surface area contributed by atoms with Gasteiger partial charge in [0.25, 0.3) is 0 Å². The second-order valence-corrected chi connectivity index (χ2v) is 5.24. The van der Waals surface area contributed by atoms with Crippen LogP contribution < -0.4 is 11.1 Å². The maximum atomic E-state index is 12.2. The van der Waals surface area contributed by atoms with Gasteiger partial charge in [0.05, 0.1) is 6.04 Å². The Hall–Kier alpha value is -1.88. The number of hydrogen-bond acceptors (Lipinski definition) is 3. The van der Waals surface area contributed by atoms with Crippen molar-refractivity contribution in [2.45, 2.75) is 25.8 Å². The summed E-state index contributed by atoms with van der Waals surface area (Å²) in [5.41, 5.74) is 6.12. The molecule has 2 rings (SSSR count). The Bertz CT molecular complexity index is 467. The van der Waals surface area contributed by atoms with Gasteiger partial charge in [0.15, 0.2) is 0 Å². The molecule has 0 aromatic heterocycles. The number of nitrogens with two attached hydrogens (primary N) is 1. The van der Waals surface area contributed by atoms with Crippen molar-refractivity contribution in [3.63, 3.8) is 0 Å². The van der Waals surface area contributed by atoms with Gasteiger partial charge in [0, 0.05) is 11.6 Å². The molecule has 1 aliphatic heterocycles. The van der Waals surface area contributed by atoms with Crippen LogP contribution in [0.1, 0.15) is 19.8 Å². The molecule has 1 fully saturated rings. The average Bonchev–Trinajstić information content (AvgIpc) is 2.47. The SMILES string of the molecule is CC(C(=O)Nc1ccccc1)N1CCC(C(N)=O)CC1. The minimum absolute atomic E-state index is 0.0197. The van der Waals surface area contributed by atoms with E-state index >= 15 is 0 Å². The first kappa shape index (κ1) is 14.5. The van der Waals surface area contributed by atoms with Crippen molar-refractivity contribution in [2.75, 3.05) is 18.4 Å². The highest BCUT2D eigenvalue weighted by molar-refractivity contribution is 5.94. The Kier molecular flexibility index (Phi) is 4.74. The maximum absolute atomic E-state index is 12.2. The fourth-order valence-electron chi connectivity index (χ4n) is 2.51. The molecule has 20 heavy (non-hydrogen) atoms. The Labute approximate surface area is 119 Å². The molecule has 0 spiro atoms. The molecule has 108 valence electrons. The van der Waals surface area contributed by atoms with Crippen LogP contribution in [-0.4, -0.2) is 35.8 Å². The summed E-state index contributed by atoms with van der Waals surface area (Å²) in [6.45, 7) is 3.36. The van der Waals surface area contributed by atoms with Crippen molar-refractivity contribution in [2.24, 2.45) is 11.7 Å². The van der Waals surface area contributed by atoms with Gasteiger partial charge in [-0.2, -0.15) is 0 Å². The molecule has 1 aliphatic rings. The number of nitrogens with zero attached hydrogens (tertiary/aromatic N) is 1. The van der Waals surface area contributed by atoms with E-state index < -0.39 is 0 Å². The van der Waals surface area contributed by atoms with Gasteiger partial charge in [-0.05, 0) is 45.0 Å². The van der Waals surface area contributed by atoms with Crippen molar-refractivity contribution >= 4 is 17.5 Å². The molecule has 0 aliphatic carbocycles. The van der Waals surface area contributed by atoms with Gasteiger partial charge >= 0.3 is 0 Å². The molecule has 1 unspecified atom stereocenters. The molecular weight excluding hydrogens is 254 g/mol. The third-order valence-electron chi connectivity index (χ3n) is 3.90. The first-order valence-electron chi connectivity index (χ1n) is 6.97. The number of nitrogens with one attached hydrogen (secondary N) is 1. The first-order chi connectivity index (χ1) is 9.58. The lowest BCUT2D eigenvalue weighted by molar-refractivity contribution is -0.124. The molecule has 1 heterocycles. The van der Waals surface area contributed by atoms with Crippen LogP contribution in [0.25, 0.3) is 0 Å². The Morgan fingerprint density at radius 1 is 1.25 bits per heavy atom. The van der Waals surface area contributed by atoms with Crippen LogP contribution in [0.3, 0.4) is 0 Å². The van der Waals surface area contributed by atoms with Crippen LogP contribution in [0.2, 0.25) is 0 Å². The predicted molar refractivity (Wildman–Crippen MR) is 78.0 cm³/mol. The number of hydrogen-bond donors (Lipinski definition) is 2. The van der Waals surface area contributed by atoms with Gasteiger partial charge in [0.2, 0.25) is 11.8 Å². The van der Waals surface area contributed by atoms with Gasteiger partial charge in [-0.1, -0.05) is 18.2 Å². The van der Waals surface area contributed by atoms with Crippen LogP contribution in [0.15, 0.2) is 30.3 Å². The summed E-state index contributed by atoms with van der Waals surface area (Å²) >= 11 is 0. The second-order valence-electron chi connectivity index (χ2n) is 5.24. The summed E-state index contributed by atoms with van der Waals surface area (Å²) in [5, 5.41) is 2.90. The molecule has 1 aromatic rings. The second kappa shape index (κ2) is 6.52. The number of amides is 2. The van der Waals surface area contributed by atoms with Crippen LogP contribution in [0.5, 0.6) is 0 Å². The molecule has 5 nitrogen and oxygen atoms in total. The van der Waals surface area contributed by atoms with Crippen molar-refractivity contribution < 1.29 is 9.59 Å². The van der Waals surface area contributed by atoms with E-state index in [2.05, 4.69) is 10.2 Å². The number of rotatable bonds is 4. The minimum atomic E-state index is -0.231. The first-order valence-corrected chi connectivity index (χ1v) is 6.97. The van der Waals surface area contributed by atoms with Crippen molar-refractivity contribution in [1.82, 2.24) is 4.90 Å². The van der Waals surface area contributed by atoms with E-state index in [4.69, 9.17) is 5.73 Å².